The van der Waals surface area contributed by atoms with E-state index in [1.54, 1.807) is 12.1 Å². The number of fused-ring (bicyclic) bond motifs is 5. The Bertz CT molecular complexity index is 2570. The number of carbonyl (C=O) groups excluding carboxylic acids is 1. The minimum atomic E-state index is -3.73. The lowest BCUT2D eigenvalue weighted by Crippen LogP contribution is -2.20. The second kappa shape index (κ2) is 14.6. The van der Waals surface area contributed by atoms with Crippen LogP contribution in [0.5, 0.6) is 0 Å². The third-order valence-electron chi connectivity index (χ3n) is 9.54. The largest absolute Gasteiger partial charge is 0.478 e. The summed E-state index contributed by atoms with van der Waals surface area (Å²) in [5.41, 5.74) is 1.80. The zero-order chi connectivity index (χ0) is 37.4. The second-order valence-corrected chi connectivity index (χ2v) is 16.2. The van der Waals surface area contributed by atoms with Gasteiger partial charge in [0.15, 0.2) is 15.6 Å². The molecule has 4 heterocycles. The van der Waals surface area contributed by atoms with Crippen molar-refractivity contribution < 1.29 is 31.9 Å². The van der Waals surface area contributed by atoms with E-state index < -0.39 is 44.8 Å². The fourth-order valence-electron chi connectivity index (χ4n) is 6.71. The summed E-state index contributed by atoms with van der Waals surface area (Å²) < 4.78 is 56.1. The van der Waals surface area contributed by atoms with E-state index in [1.165, 1.54) is 48.8 Å². The Morgan fingerprint density at radius 1 is 1.02 bits per heavy atom. The van der Waals surface area contributed by atoms with Crippen LogP contribution in [0.15, 0.2) is 109 Å². The molecule has 4 aliphatic rings. The lowest BCUT2D eigenvalue weighted by atomic mass is 9.92. The van der Waals surface area contributed by atoms with E-state index in [0.29, 0.717) is 17.4 Å². The monoisotopic (exact) mass is 753 g/mol. The Hall–Kier alpha value is -5.40. The Balaban J connectivity index is 1.26. The average Bonchev–Trinajstić information content (AvgIpc) is 3.92. The number of H-pyrrole nitrogens is 1. The number of allylic oxidation sites excluding steroid dienone is 2. The smallest absolute Gasteiger partial charge is 0.336 e. The number of benzene rings is 3. The Morgan fingerprint density at radius 2 is 1.81 bits per heavy atom. The molecule has 0 spiro atoms. The highest BCUT2D eigenvalue weighted by molar-refractivity contribution is 7.91. The lowest BCUT2D eigenvalue weighted by Gasteiger charge is -2.16. The second-order valence-electron chi connectivity index (χ2n) is 12.9. The highest BCUT2D eigenvalue weighted by atomic mass is 32.2. The molecule has 1 atom stereocenters. The summed E-state index contributed by atoms with van der Waals surface area (Å²) in [5, 5.41) is 10.3. The van der Waals surface area contributed by atoms with Gasteiger partial charge in [0, 0.05) is 34.7 Å². The number of hydrogen-bond donors (Lipinski definition) is 2. The number of halogens is 2. The van der Waals surface area contributed by atoms with Crippen LogP contribution in [0.25, 0.3) is 31.8 Å². The number of aromatic nitrogens is 1. The first kappa shape index (κ1) is 36.0. The van der Waals surface area contributed by atoms with Gasteiger partial charge in [-0.2, -0.15) is 0 Å². The zero-order valence-electron chi connectivity index (χ0n) is 28.5. The van der Waals surface area contributed by atoms with Gasteiger partial charge in [-0.15, -0.1) is 11.3 Å². The third-order valence-corrected chi connectivity index (χ3v) is 12.3. The van der Waals surface area contributed by atoms with Crippen LogP contribution in [0.2, 0.25) is 0 Å². The zero-order valence-corrected chi connectivity index (χ0v) is 30.1. The molecule has 53 heavy (non-hydrogen) atoms. The minimum absolute atomic E-state index is 0.0167. The van der Waals surface area contributed by atoms with Crippen molar-refractivity contribution in [2.45, 2.75) is 56.4 Å². The van der Waals surface area contributed by atoms with Gasteiger partial charge in [-0.1, -0.05) is 55.5 Å². The van der Waals surface area contributed by atoms with Crippen LogP contribution in [0.1, 0.15) is 50.2 Å². The summed E-state index contributed by atoms with van der Waals surface area (Å²) in [6.07, 6.45) is 3.78. The summed E-state index contributed by atoms with van der Waals surface area (Å²) in [6, 6.07) is 17.1. The van der Waals surface area contributed by atoms with Crippen LogP contribution in [0.4, 0.5) is 8.78 Å². The van der Waals surface area contributed by atoms with Gasteiger partial charge in [0.25, 0.3) is 5.56 Å². The van der Waals surface area contributed by atoms with Crippen LogP contribution < -0.4 is 5.56 Å². The van der Waals surface area contributed by atoms with Gasteiger partial charge in [-0.05, 0) is 61.9 Å². The van der Waals surface area contributed by atoms with E-state index in [0.717, 1.165) is 26.9 Å². The number of hydrogen-bond acceptors (Lipinski definition) is 8. The molecular weight excluding hydrogens is 721 g/mol. The van der Waals surface area contributed by atoms with E-state index >= 15 is 8.78 Å². The average molecular weight is 754 g/mol. The summed E-state index contributed by atoms with van der Waals surface area (Å²) in [4.78, 5) is 53.2. The van der Waals surface area contributed by atoms with Crippen LogP contribution >= 0.6 is 11.3 Å². The first-order chi connectivity index (χ1) is 25.5. The number of aromatic amines is 1. The molecule has 3 aromatic rings. The fraction of sp³-hybridized carbons (Fsp3) is 0.225. The number of nitrogens with zero attached hydrogens (tertiary/aromatic N) is 2. The first-order valence-electron chi connectivity index (χ1n) is 17.1. The normalized spacial score (nSPS) is 17.2. The molecular formula is C40H33F2N3O6S2. The maximum absolute atomic E-state index is 15.9. The molecule has 0 saturated heterocycles. The molecule has 2 bridgehead atoms. The van der Waals surface area contributed by atoms with Crippen molar-refractivity contribution in [1.29, 1.82) is 0 Å². The molecule has 0 aliphatic carbocycles. The summed E-state index contributed by atoms with van der Waals surface area (Å²) >= 11 is 1.43. The van der Waals surface area contributed by atoms with Crippen molar-refractivity contribution in [3.05, 3.63) is 123 Å². The molecule has 0 radical (unpaired) electrons. The molecule has 0 fully saturated rings. The predicted molar refractivity (Wildman–Crippen MR) is 202 cm³/mol. The lowest BCUT2D eigenvalue weighted by molar-refractivity contribution is -0.132. The number of rotatable bonds is 10. The van der Waals surface area contributed by atoms with Crippen LogP contribution in [-0.2, 0) is 25.8 Å². The van der Waals surface area contributed by atoms with E-state index in [1.807, 2.05) is 30.3 Å². The molecule has 0 saturated carbocycles. The molecule has 0 aromatic heterocycles. The van der Waals surface area contributed by atoms with Gasteiger partial charge in [0.05, 0.1) is 54.5 Å². The maximum Gasteiger partial charge on any atom is 0.336 e. The van der Waals surface area contributed by atoms with Crippen LogP contribution in [0, 0.1) is 11.6 Å². The molecule has 270 valence electrons. The number of para-hydroxylation sites is 1. The SMILES string of the molecule is CCS(=O)(=O)c1ccc(C2=NC3C/C=C(/C(=O)O)C=NC(=C2C(=O)CCCc2c4sc-4c(-c4ccccc4)c4cccc(F)c4[nH]c2=O)CC3)c(F)c1. The summed E-state index contributed by atoms with van der Waals surface area (Å²) in [7, 11) is -3.73. The molecule has 9 nitrogen and oxygen atoms in total. The highest BCUT2D eigenvalue weighted by Crippen LogP contribution is 2.51. The maximum atomic E-state index is 15.9. The van der Waals surface area contributed by atoms with E-state index in [9.17, 15) is 27.9 Å². The van der Waals surface area contributed by atoms with E-state index in [-0.39, 0.29) is 76.4 Å². The van der Waals surface area contributed by atoms with Crippen LogP contribution in [-0.4, -0.2) is 54.0 Å². The summed E-state index contributed by atoms with van der Waals surface area (Å²) in [6.45, 7) is 1.46. The Morgan fingerprint density at radius 3 is 2.55 bits per heavy atom. The van der Waals surface area contributed by atoms with Gasteiger partial charge < -0.3 is 10.1 Å². The molecule has 3 aromatic carbocycles. The number of aliphatic imine (C=N–C) groups is 2. The van der Waals surface area contributed by atoms with E-state index in [2.05, 4.69) is 9.98 Å². The molecule has 7 rings (SSSR count). The molecule has 1 unspecified atom stereocenters. The Kier molecular flexibility index (Phi) is 9.88. The predicted octanol–water partition coefficient (Wildman–Crippen LogP) is 7.72. The van der Waals surface area contributed by atoms with Crippen LogP contribution in [0.3, 0.4) is 0 Å². The number of Topliss-reactive ketones (excluding diaryl/α,β-unsaturated/α-hetero) is 1. The van der Waals surface area contributed by atoms with Gasteiger partial charge in [0.1, 0.15) is 11.6 Å². The minimum Gasteiger partial charge on any atom is -0.478 e. The Labute approximate surface area is 307 Å². The van der Waals surface area contributed by atoms with E-state index in [4.69, 9.17) is 4.99 Å². The van der Waals surface area contributed by atoms with Crippen molar-refractivity contribution in [2.24, 2.45) is 9.98 Å². The summed E-state index contributed by atoms with van der Waals surface area (Å²) in [5.74, 6) is -3.32. The number of ketones is 1. The number of aliphatic carboxylic acids is 1. The third kappa shape index (κ3) is 7.18. The number of sulfone groups is 1. The number of carbonyl (C=O) groups is 2. The van der Waals surface area contributed by atoms with Crippen molar-refractivity contribution in [2.75, 3.05) is 5.75 Å². The van der Waals surface area contributed by atoms with Gasteiger partial charge >= 0.3 is 5.97 Å². The van der Waals surface area contributed by atoms with Crippen molar-refractivity contribution in [1.82, 2.24) is 4.98 Å². The molecule has 0 amide bonds. The van der Waals surface area contributed by atoms with Crippen molar-refractivity contribution in [3.63, 3.8) is 0 Å². The number of nitrogens with one attached hydrogen (secondary N) is 1. The van der Waals surface area contributed by atoms with Gasteiger partial charge in [-0.3, -0.25) is 19.6 Å². The molecule has 2 N–H and O–H groups in total. The molecule has 13 heteroatoms. The molecule has 4 aliphatic heterocycles. The highest BCUT2D eigenvalue weighted by Gasteiger charge is 2.31. The van der Waals surface area contributed by atoms with Gasteiger partial charge in [0.2, 0.25) is 0 Å². The van der Waals surface area contributed by atoms with Gasteiger partial charge in [-0.25, -0.2) is 22.0 Å². The first-order valence-corrected chi connectivity index (χ1v) is 19.6. The van der Waals surface area contributed by atoms with Crippen molar-refractivity contribution in [3.8, 4) is 20.9 Å². The number of carboxylic acids is 1. The topological polar surface area (TPSA) is 146 Å². The standard InChI is InChI=1S/C40H33F2N3O6S2/c1-2-53(50,51)25-17-18-26(30(42)20-25)36-34(31-19-16-24(44-36)15-14-23(21-43-31)40(48)49)32(46)13-7-11-28-37-38(52-37)33(22-8-4-3-5-9-22)27-10-6-12-29(41)35(27)45-39(28)47/h3-6,8-10,12,14,17-18,20-21,24H,2,7,11,13,15-16,19H2,1H3,(H,45,47)(H,48,49)/b23-14+,43-21?. The number of carboxylic acid groups (broad SMARTS) is 1. The fourth-order valence-corrected chi connectivity index (χ4v) is 8.63. The quantitative estimate of drug-likeness (QED) is 0.149. The van der Waals surface area contributed by atoms with Crippen molar-refractivity contribution >= 4 is 55.8 Å².